The van der Waals surface area contributed by atoms with Crippen LogP contribution in [0, 0.1) is 0 Å². The van der Waals surface area contributed by atoms with Gasteiger partial charge < -0.3 is 9.47 Å². The van der Waals surface area contributed by atoms with Gasteiger partial charge in [0.2, 0.25) is 0 Å². The van der Waals surface area contributed by atoms with Crippen molar-refractivity contribution in [2.75, 3.05) is 0 Å². The number of hydrogen-bond acceptors (Lipinski definition) is 4. The van der Waals surface area contributed by atoms with Crippen LogP contribution in [0.5, 0.6) is 0 Å². The van der Waals surface area contributed by atoms with Crippen LogP contribution in [-0.4, -0.2) is 18.0 Å². The smallest absolute Gasteiger partial charge is 0.338 e. The Labute approximate surface area is 209 Å². The van der Waals surface area contributed by atoms with Gasteiger partial charge in [0.25, 0.3) is 0 Å². The van der Waals surface area contributed by atoms with Gasteiger partial charge >= 0.3 is 11.9 Å². The number of fused-ring (bicyclic) bond motifs is 4. The highest BCUT2D eigenvalue weighted by Gasteiger charge is 2.36. The first-order valence-corrected chi connectivity index (χ1v) is 12.1. The molecule has 0 unspecified atom stereocenters. The normalized spacial score (nSPS) is 16.9. The lowest BCUT2D eigenvalue weighted by Crippen LogP contribution is -2.33. The van der Waals surface area contributed by atoms with Crippen LogP contribution in [0.4, 0.5) is 0 Å². The molecule has 0 radical (unpaired) electrons. The Balaban J connectivity index is 1.43. The molecule has 4 heteroatoms. The number of aryl methyl sites for hydroxylation is 1. The largest absolute Gasteiger partial charge is 0.454 e. The van der Waals surface area contributed by atoms with Gasteiger partial charge in [0.05, 0.1) is 11.1 Å². The summed E-state index contributed by atoms with van der Waals surface area (Å²) >= 11 is 0. The van der Waals surface area contributed by atoms with E-state index in [1.54, 1.807) is 48.5 Å². The molecule has 1 aliphatic rings. The maximum absolute atomic E-state index is 13.1. The summed E-state index contributed by atoms with van der Waals surface area (Å²) in [7, 11) is 0. The number of esters is 2. The van der Waals surface area contributed by atoms with Gasteiger partial charge in [-0.3, -0.25) is 0 Å². The number of ether oxygens (including phenoxy) is 2. The maximum Gasteiger partial charge on any atom is 0.338 e. The topological polar surface area (TPSA) is 52.6 Å². The predicted molar refractivity (Wildman–Crippen MR) is 140 cm³/mol. The SMILES string of the molecule is O=C(O[C@H]1CCc2cc3ccc4ccccc4c3cc2[C@H]1OC(=O)c1ccccc1)c1ccccc1. The van der Waals surface area contributed by atoms with Crippen LogP contribution in [0.25, 0.3) is 21.5 Å². The lowest BCUT2D eigenvalue weighted by Gasteiger charge is -2.33. The number of rotatable bonds is 4. The van der Waals surface area contributed by atoms with Crippen LogP contribution < -0.4 is 0 Å². The van der Waals surface area contributed by atoms with Gasteiger partial charge in [0, 0.05) is 5.56 Å². The lowest BCUT2D eigenvalue weighted by molar-refractivity contribution is -0.0436. The fraction of sp³-hybridized carbons (Fsp3) is 0.125. The van der Waals surface area contributed by atoms with E-state index < -0.39 is 24.1 Å². The zero-order chi connectivity index (χ0) is 24.5. The molecule has 0 aromatic heterocycles. The molecule has 0 spiro atoms. The monoisotopic (exact) mass is 472 g/mol. The van der Waals surface area contributed by atoms with Gasteiger partial charge in [0.15, 0.2) is 6.10 Å². The van der Waals surface area contributed by atoms with Crippen molar-refractivity contribution in [3.63, 3.8) is 0 Å². The van der Waals surface area contributed by atoms with Crippen LogP contribution in [0.3, 0.4) is 0 Å². The molecule has 0 fully saturated rings. The molecular formula is C32H24O4. The molecule has 5 aromatic carbocycles. The van der Waals surface area contributed by atoms with E-state index in [0.717, 1.165) is 39.1 Å². The fourth-order valence-electron chi connectivity index (χ4n) is 5.05. The quantitative estimate of drug-likeness (QED) is 0.207. The van der Waals surface area contributed by atoms with Crippen LogP contribution in [0.15, 0.2) is 109 Å². The van der Waals surface area contributed by atoms with Crippen molar-refractivity contribution in [1.82, 2.24) is 0 Å². The van der Waals surface area contributed by atoms with E-state index >= 15 is 0 Å². The van der Waals surface area contributed by atoms with Crippen molar-refractivity contribution in [1.29, 1.82) is 0 Å². The molecule has 0 N–H and O–H groups in total. The van der Waals surface area contributed by atoms with Gasteiger partial charge in [-0.2, -0.15) is 0 Å². The first kappa shape index (κ1) is 22.1. The van der Waals surface area contributed by atoms with Crippen molar-refractivity contribution in [3.05, 3.63) is 131 Å². The molecule has 4 nitrogen and oxygen atoms in total. The Morgan fingerprint density at radius 3 is 1.94 bits per heavy atom. The van der Waals surface area contributed by atoms with Gasteiger partial charge in [-0.15, -0.1) is 0 Å². The highest BCUT2D eigenvalue weighted by molar-refractivity contribution is 6.08. The molecule has 2 atom stereocenters. The minimum Gasteiger partial charge on any atom is -0.454 e. The third-order valence-electron chi connectivity index (χ3n) is 6.86. The summed E-state index contributed by atoms with van der Waals surface area (Å²) in [4.78, 5) is 26.1. The van der Waals surface area contributed by atoms with Gasteiger partial charge in [-0.05, 0) is 70.3 Å². The molecule has 36 heavy (non-hydrogen) atoms. The van der Waals surface area contributed by atoms with Gasteiger partial charge in [-0.1, -0.05) is 78.9 Å². The van der Waals surface area contributed by atoms with E-state index in [2.05, 4.69) is 36.4 Å². The van der Waals surface area contributed by atoms with E-state index in [1.807, 2.05) is 24.3 Å². The van der Waals surface area contributed by atoms with Crippen LogP contribution in [0.1, 0.15) is 44.4 Å². The second kappa shape index (κ2) is 9.31. The minimum absolute atomic E-state index is 0.420. The average molecular weight is 473 g/mol. The maximum atomic E-state index is 13.1. The molecule has 0 aliphatic heterocycles. The molecule has 0 amide bonds. The first-order chi connectivity index (χ1) is 17.7. The molecule has 0 saturated heterocycles. The summed E-state index contributed by atoms with van der Waals surface area (Å²) in [5.41, 5.74) is 2.93. The third kappa shape index (κ3) is 4.11. The summed E-state index contributed by atoms with van der Waals surface area (Å²) in [5, 5.41) is 4.50. The molecule has 176 valence electrons. The average Bonchev–Trinajstić information content (AvgIpc) is 2.94. The third-order valence-corrected chi connectivity index (χ3v) is 6.86. The van der Waals surface area contributed by atoms with Crippen LogP contribution in [-0.2, 0) is 15.9 Å². The van der Waals surface area contributed by atoms with E-state index in [4.69, 9.17) is 9.47 Å². The minimum atomic E-state index is -0.711. The van der Waals surface area contributed by atoms with E-state index in [0.29, 0.717) is 17.5 Å². The summed E-state index contributed by atoms with van der Waals surface area (Å²) in [6.07, 6.45) is -0.00970. The first-order valence-electron chi connectivity index (χ1n) is 12.1. The van der Waals surface area contributed by atoms with E-state index in [-0.39, 0.29) is 0 Å². The van der Waals surface area contributed by atoms with Crippen LogP contribution in [0.2, 0.25) is 0 Å². The second-order valence-corrected chi connectivity index (χ2v) is 9.10. The zero-order valence-electron chi connectivity index (χ0n) is 19.6. The van der Waals surface area contributed by atoms with E-state index in [9.17, 15) is 9.59 Å². The Bertz CT molecular complexity index is 1570. The zero-order valence-corrected chi connectivity index (χ0v) is 19.6. The molecule has 1 aliphatic carbocycles. The van der Waals surface area contributed by atoms with Crippen molar-refractivity contribution in [2.24, 2.45) is 0 Å². The van der Waals surface area contributed by atoms with Gasteiger partial charge in [0.1, 0.15) is 6.10 Å². The summed E-state index contributed by atoms with van der Waals surface area (Å²) in [5.74, 6) is -0.858. The Morgan fingerprint density at radius 1 is 0.611 bits per heavy atom. The van der Waals surface area contributed by atoms with Crippen LogP contribution >= 0.6 is 0 Å². The van der Waals surface area contributed by atoms with Gasteiger partial charge in [-0.25, -0.2) is 9.59 Å². The number of benzene rings is 5. The Kier molecular flexibility index (Phi) is 5.70. The second-order valence-electron chi connectivity index (χ2n) is 9.10. The Morgan fingerprint density at radius 2 is 1.22 bits per heavy atom. The number of carbonyl (C=O) groups is 2. The molecule has 0 saturated carbocycles. The van der Waals surface area contributed by atoms with E-state index in [1.165, 1.54) is 0 Å². The molecule has 0 heterocycles. The number of hydrogen-bond donors (Lipinski definition) is 0. The molecule has 6 rings (SSSR count). The Hall–Kier alpha value is -4.44. The molecular weight excluding hydrogens is 448 g/mol. The fourth-order valence-corrected chi connectivity index (χ4v) is 5.05. The highest BCUT2D eigenvalue weighted by Crippen LogP contribution is 2.39. The lowest BCUT2D eigenvalue weighted by atomic mass is 9.84. The van der Waals surface area contributed by atoms with Crippen molar-refractivity contribution in [2.45, 2.75) is 25.0 Å². The standard InChI is InChI=1S/C32H24O4/c33-31(22-10-3-1-4-11-22)35-29-18-17-25-19-24-16-15-21-9-7-8-14-26(21)27(24)20-28(25)30(29)36-32(34)23-12-5-2-6-13-23/h1-16,19-20,29-30H,17-18H2/t29-,30+/m0/s1. The van der Waals surface area contributed by atoms with Crippen molar-refractivity contribution < 1.29 is 19.1 Å². The summed E-state index contributed by atoms with van der Waals surface area (Å²) in [6, 6.07) is 34.6. The van der Waals surface area contributed by atoms with Crippen molar-refractivity contribution in [3.8, 4) is 0 Å². The molecule has 0 bridgehead atoms. The summed E-state index contributed by atoms with van der Waals surface area (Å²) < 4.78 is 12.1. The highest BCUT2D eigenvalue weighted by atomic mass is 16.6. The predicted octanol–water partition coefficient (Wildman–Crippen LogP) is 7.06. The summed E-state index contributed by atoms with van der Waals surface area (Å²) in [6.45, 7) is 0. The van der Waals surface area contributed by atoms with Crippen molar-refractivity contribution >= 4 is 33.5 Å². The number of carbonyl (C=O) groups excluding carboxylic acids is 2. The molecule has 5 aromatic rings.